The van der Waals surface area contributed by atoms with Crippen LogP contribution in [0.3, 0.4) is 0 Å². The average Bonchev–Trinajstić information content (AvgIpc) is 3.48. The molecule has 4 N–H and O–H groups in total. The lowest BCUT2D eigenvalue weighted by atomic mass is 9.61. The molecule has 202 valence electrons. The van der Waals surface area contributed by atoms with Crippen molar-refractivity contribution in [1.82, 2.24) is 15.6 Å². The lowest BCUT2D eigenvalue weighted by Gasteiger charge is -2.52. The van der Waals surface area contributed by atoms with Crippen molar-refractivity contribution in [1.29, 1.82) is 0 Å². The monoisotopic (exact) mass is 519 g/mol. The van der Waals surface area contributed by atoms with Crippen LogP contribution in [0.15, 0.2) is 18.2 Å². The number of H-pyrrole nitrogens is 1. The Morgan fingerprint density at radius 2 is 1.68 bits per heavy atom. The fourth-order valence-corrected chi connectivity index (χ4v) is 8.29. The second-order valence-corrected chi connectivity index (χ2v) is 11.4. The summed E-state index contributed by atoms with van der Waals surface area (Å²) in [6.45, 7) is 1.83. The Morgan fingerprint density at radius 3 is 2.45 bits per heavy atom. The van der Waals surface area contributed by atoms with Gasteiger partial charge in [-0.05, 0) is 73.9 Å². The SMILES string of the molecule is COc1cc2[nH]c3c(c2cc1OC)CCNC31CCC2(CC3NCCc4cc(OC)c(O)c2c43)CC1OC. The molecule has 2 aromatic carbocycles. The molecule has 1 saturated carbocycles. The molecule has 3 heterocycles. The summed E-state index contributed by atoms with van der Waals surface area (Å²) in [4.78, 5) is 3.77. The molecule has 8 heteroatoms. The van der Waals surface area contributed by atoms with E-state index in [-0.39, 0.29) is 23.1 Å². The molecule has 38 heavy (non-hydrogen) atoms. The second-order valence-electron chi connectivity index (χ2n) is 11.4. The van der Waals surface area contributed by atoms with Gasteiger partial charge in [0.05, 0.1) is 33.0 Å². The van der Waals surface area contributed by atoms with Gasteiger partial charge in [-0.1, -0.05) is 0 Å². The largest absolute Gasteiger partial charge is 0.504 e. The molecule has 7 rings (SSSR count). The second kappa shape index (κ2) is 8.53. The minimum Gasteiger partial charge on any atom is -0.504 e. The quantitative estimate of drug-likeness (QED) is 0.414. The van der Waals surface area contributed by atoms with Crippen molar-refractivity contribution in [3.63, 3.8) is 0 Å². The van der Waals surface area contributed by atoms with E-state index in [9.17, 15) is 5.11 Å². The number of ether oxygens (including phenoxy) is 4. The lowest BCUT2D eigenvalue weighted by Crippen LogP contribution is -2.60. The number of aromatic hydroxyl groups is 1. The number of aromatic amines is 1. The minimum absolute atomic E-state index is 0.0754. The Kier molecular flexibility index (Phi) is 5.42. The Bertz CT molecular complexity index is 1430. The van der Waals surface area contributed by atoms with E-state index in [0.717, 1.165) is 74.2 Å². The molecule has 3 aromatic rings. The summed E-state index contributed by atoms with van der Waals surface area (Å²) >= 11 is 0. The zero-order valence-corrected chi connectivity index (χ0v) is 22.6. The standard InChI is InChI=1S/C30H37N3O5/c1-35-21-12-18-17-6-10-32-30(28(17)33-19(18)13-22(21)36-2)8-7-29(15-24(30)38-4)14-20-25-16(5-9-31-20)11-23(37-3)27(34)26(25)29/h11-13,20,24,31-34H,5-10,14-15H2,1-4H3. The first-order valence-corrected chi connectivity index (χ1v) is 13.7. The van der Waals surface area contributed by atoms with Gasteiger partial charge in [-0.15, -0.1) is 0 Å². The normalized spacial score (nSPS) is 29.5. The number of rotatable bonds is 4. The summed E-state index contributed by atoms with van der Waals surface area (Å²) in [7, 11) is 6.83. The molecule has 4 unspecified atom stereocenters. The van der Waals surface area contributed by atoms with Gasteiger partial charge in [0.1, 0.15) is 0 Å². The van der Waals surface area contributed by atoms with E-state index in [1.807, 2.05) is 19.2 Å². The first-order chi connectivity index (χ1) is 18.5. The molecule has 1 fully saturated rings. The summed E-state index contributed by atoms with van der Waals surface area (Å²) in [5.74, 6) is 2.36. The van der Waals surface area contributed by atoms with Gasteiger partial charge in [0.15, 0.2) is 23.0 Å². The zero-order chi connectivity index (χ0) is 26.2. The highest BCUT2D eigenvalue weighted by molar-refractivity contribution is 5.88. The van der Waals surface area contributed by atoms with Crippen molar-refractivity contribution in [3.05, 3.63) is 46.1 Å². The van der Waals surface area contributed by atoms with Gasteiger partial charge in [-0.3, -0.25) is 0 Å². The van der Waals surface area contributed by atoms with E-state index < -0.39 is 0 Å². The first kappa shape index (κ1) is 24.1. The maximum atomic E-state index is 11.5. The van der Waals surface area contributed by atoms with E-state index in [1.165, 1.54) is 27.8 Å². The van der Waals surface area contributed by atoms with Gasteiger partial charge in [-0.2, -0.15) is 0 Å². The van der Waals surface area contributed by atoms with Crippen LogP contribution in [0.5, 0.6) is 23.0 Å². The van der Waals surface area contributed by atoms with Crippen LogP contribution in [0.25, 0.3) is 10.9 Å². The van der Waals surface area contributed by atoms with E-state index in [1.54, 1.807) is 21.3 Å². The van der Waals surface area contributed by atoms with Crippen LogP contribution in [0.2, 0.25) is 0 Å². The molecule has 4 aliphatic rings. The number of methoxy groups -OCH3 is 4. The Labute approximate surface area is 223 Å². The van der Waals surface area contributed by atoms with Crippen LogP contribution < -0.4 is 24.8 Å². The van der Waals surface area contributed by atoms with Crippen molar-refractivity contribution in [2.45, 2.75) is 61.6 Å². The molecule has 1 aromatic heterocycles. The number of fused-ring (bicyclic) bond motifs is 5. The molecule has 4 atom stereocenters. The molecule has 2 aliphatic heterocycles. The minimum atomic E-state index is -0.337. The van der Waals surface area contributed by atoms with Crippen molar-refractivity contribution in [3.8, 4) is 23.0 Å². The first-order valence-electron chi connectivity index (χ1n) is 13.7. The van der Waals surface area contributed by atoms with Crippen LogP contribution in [-0.4, -0.2) is 57.7 Å². The summed E-state index contributed by atoms with van der Waals surface area (Å²) in [6.07, 6.45) is 5.46. The fourth-order valence-electron chi connectivity index (χ4n) is 8.29. The number of hydrogen-bond donors (Lipinski definition) is 4. The van der Waals surface area contributed by atoms with Gasteiger partial charge in [0.25, 0.3) is 0 Å². The van der Waals surface area contributed by atoms with Gasteiger partial charge < -0.3 is 39.7 Å². The lowest BCUT2D eigenvalue weighted by molar-refractivity contribution is -0.0467. The summed E-state index contributed by atoms with van der Waals surface area (Å²) in [5, 5.41) is 20.3. The molecule has 0 saturated heterocycles. The molecular formula is C30H37N3O5. The third-order valence-electron chi connectivity index (χ3n) is 9.95. The maximum Gasteiger partial charge on any atom is 0.162 e. The predicted octanol–water partition coefficient (Wildman–Crippen LogP) is 3.97. The van der Waals surface area contributed by atoms with Crippen LogP contribution in [-0.2, 0) is 28.5 Å². The topological polar surface area (TPSA) is 97.0 Å². The van der Waals surface area contributed by atoms with Crippen molar-refractivity contribution < 1.29 is 24.1 Å². The molecule has 8 nitrogen and oxygen atoms in total. The number of aromatic nitrogens is 1. The smallest absolute Gasteiger partial charge is 0.162 e. The van der Waals surface area contributed by atoms with Crippen LogP contribution in [0, 0.1) is 0 Å². The molecule has 0 radical (unpaired) electrons. The van der Waals surface area contributed by atoms with Crippen molar-refractivity contribution in [2.75, 3.05) is 41.5 Å². The Hall–Kier alpha value is -2.94. The average molecular weight is 520 g/mol. The summed E-state index contributed by atoms with van der Waals surface area (Å²) in [5.41, 5.74) is 6.77. The number of phenolic OH excluding ortho intramolecular Hbond substituents is 1. The molecule has 2 aliphatic carbocycles. The number of hydrogen-bond acceptors (Lipinski definition) is 7. The highest BCUT2D eigenvalue weighted by Gasteiger charge is 2.58. The van der Waals surface area contributed by atoms with Gasteiger partial charge in [-0.25, -0.2) is 0 Å². The Morgan fingerprint density at radius 1 is 0.895 bits per heavy atom. The van der Waals surface area contributed by atoms with Gasteiger partial charge >= 0.3 is 0 Å². The third-order valence-corrected chi connectivity index (χ3v) is 9.95. The van der Waals surface area contributed by atoms with E-state index in [2.05, 4.69) is 21.7 Å². The zero-order valence-electron chi connectivity index (χ0n) is 22.6. The van der Waals surface area contributed by atoms with Gasteiger partial charge in [0.2, 0.25) is 0 Å². The summed E-state index contributed by atoms with van der Waals surface area (Å²) in [6, 6.07) is 6.44. The molecule has 0 amide bonds. The van der Waals surface area contributed by atoms with E-state index >= 15 is 0 Å². The number of phenols is 1. The third kappa shape index (κ3) is 3.08. The van der Waals surface area contributed by atoms with Crippen molar-refractivity contribution in [2.24, 2.45) is 0 Å². The van der Waals surface area contributed by atoms with Gasteiger partial charge in [0, 0.05) is 53.3 Å². The number of benzene rings is 2. The number of nitrogens with one attached hydrogen (secondary N) is 3. The van der Waals surface area contributed by atoms with E-state index in [0.29, 0.717) is 11.5 Å². The van der Waals surface area contributed by atoms with Crippen LogP contribution in [0.4, 0.5) is 0 Å². The highest BCUT2D eigenvalue weighted by Crippen LogP contribution is 2.62. The molecule has 0 bridgehead atoms. The maximum absolute atomic E-state index is 11.5. The molecule has 2 spiro atoms. The highest BCUT2D eigenvalue weighted by atomic mass is 16.5. The van der Waals surface area contributed by atoms with Crippen LogP contribution in [0.1, 0.15) is 59.7 Å². The van der Waals surface area contributed by atoms with Crippen molar-refractivity contribution >= 4 is 10.9 Å². The van der Waals surface area contributed by atoms with E-state index in [4.69, 9.17) is 18.9 Å². The molecular weight excluding hydrogens is 482 g/mol. The van der Waals surface area contributed by atoms with Crippen LogP contribution >= 0.6 is 0 Å². The fraction of sp³-hybridized carbons (Fsp3) is 0.533. The summed E-state index contributed by atoms with van der Waals surface area (Å²) < 4.78 is 23.2. The Balaban J connectivity index is 1.34. The predicted molar refractivity (Wildman–Crippen MR) is 145 cm³/mol.